The molecule has 1 rings (SSSR count). The Morgan fingerprint density at radius 3 is 1.45 bits per heavy atom. The van der Waals surface area contributed by atoms with Crippen LogP contribution in [0.15, 0.2) is 12.2 Å². The third-order valence-corrected chi connectivity index (χ3v) is 17.0. The monoisotopic (exact) mass is 1320 g/mol. The molecule has 26 heteroatoms. The number of ether oxygens (including phenoxy) is 2. The zero-order chi connectivity index (χ0) is 72.2. The standard InChI is InChI=1S/C67H119N11O15/c1-27-29-30-41(13)55(93-46(18)79)54-60(84)70-47(28-2)62(86)73(21)45(17)57(81)72-52(42(14)34-92-35-67(19,20)91)59(83)71-51(39(9)10)65(89)74(22)48(31-36(3)4)58(82)68-43(15)56(80)69-44(16)61(85)75(23)49(32-37(5)6)63(87)76(24)50(33-38(7)8)64(88)77(25)53(40(11)12)66(90)78(54)26/h27,29,36-45,47-55,91H,28,30-35H2,1-26H3,(H,68,82)(H,69,80)(H,70,84)(H,71,83)(H,72,81)/b29-27+/t41-,42-,43+,44-,45-,47+,48+,49+,50+,51+,52+,53+,54+,55-/m1/s1. The predicted molar refractivity (Wildman–Crippen MR) is 355 cm³/mol. The zero-order valence-corrected chi connectivity index (χ0v) is 60.9. The molecule has 1 aliphatic rings. The third kappa shape index (κ3) is 24.9. The number of hydrogen-bond acceptors (Lipinski definition) is 15. The van der Waals surface area contributed by atoms with Crippen LogP contribution < -0.4 is 26.6 Å². The van der Waals surface area contributed by atoms with Gasteiger partial charge in [0.2, 0.25) is 65.0 Å². The second-order valence-electron chi connectivity index (χ2n) is 28.2. The van der Waals surface area contributed by atoms with Crippen molar-refractivity contribution in [3.8, 4) is 0 Å². The molecule has 26 nitrogen and oxygen atoms in total. The molecule has 14 atom stereocenters. The van der Waals surface area contributed by atoms with Gasteiger partial charge in [0, 0.05) is 55.1 Å². The summed E-state index contributed by atoms with van der Waals surface area (Å²) in [6.45, 7) is 32.7. The van der Waals surface area contributed by atoms with E-state index in [1.807, 2.05) is 41.5 Å². The number of carbonyl (C=O) groups is 12. The van der Waals surface area contributed by atoms with Crippen LogP contribution in [-0.4, -0.2) is 239 Å². The minimum absolute atomic E-state index is 0.0519. The number of carbonyl (C=O) groups excluding carboxylic acids is 12. The van der Waals surface area contributed by atoms with Gasteiger partial charge in [0.15, 0.2) is 0 Å². The van der Waals surface area contributed by atoms with Crippen molar-refractivity contribution >= 4 is 70.9 Å². The minimum Gasteiger partial charge on any atom is -0.459 e. The lowest BCUT2D eigenvalue weighted by atomic mass is 9.91. The summed E-state index contributed by atoms with van der Waals surface area (Å²) in [6.07, 6.45) is 2.80. The summed E-state index contributed by atoms with van der Waals surface area (Å²) in [4.78, 5) is 183. The van der Waals surface area contributed by atoms with Gasteiger partial charge in [-0.3, -0.25) is 57.5 Å². The van der Waals surface area contributed by atoms with Crippen LogP contribution in [0.2, 0.25) is 0 Å². The van der Waals surface area contributed by atoms with Gasteiger partial charge in [-0.25, -0.2) is 0 Å². The van der Waals surface area contributed by atoms with Gasteiger partial charge >= 0.3 is 5.97 Å². The number of rotatable bonds is 19. The van der Waals surface area contributed by atoms with Gasteiger partial charge in [0.25, 0.3) is 0 Å². The fraction of sp³-hybridized carbons (Fsp3) is 0.791. The smallest absolute Gasteiger partial charge is 0.303 e. The van der Waals surface area contributed by atoms with Gasteiger partial charge in [-0.05, 0) is 109 Å². The van der Waals surface area contributed by atoms with E-state index in [0.29, 0.717) is 0 Å². The lowest BCUT2D eigenvalue weighted by Crippen LogP contribution is -2.64. The maximum Gasteiger partial charge on any atom is 0.303 e. The van der Waals surface area contributed by atoms with Crippen molar-refractivity contribution in [2.75, 3.05) is 55.5 Å². The molecule has 1 saturated heterocycles. The Morgan fingerprint density at radius 2 is 0.989 bits per heavy atom. The summed E-state index contributed by atoms with van der Waals surface area (Å²) < 4.78 is 11.8. The molecule has 11 amide bonds. The Hall–Kier alpha value is -6.70. The largest absolute Gasteiger partial charge is 0.459 e. The van der Waals surface area contributed by atoms with Crippen molar-refractivity contribution in [3.63, 3.8) is 0 Å². The molecular weight excluding hydrogens is 1200 g/mol. The van der Waals surface area contributed by atoms with E-state index in [-0.39, 0.29) is 63.1 Å². The van der Waals surface area contributed by atoms with Crippen molar-refractivity contribution in [2.24, 2.45) is 41.4 Å². The van der Waals surface area contributed by atoms with Crippen molar-refractivity contribution in [1.29, 1.82) is 0 Å². The van der Waals surface area contributed by atoms with Gasteiger partial charge in [0.05, 0.1) is 18.8 Å². The fourth-order valence-corrected chi connectivity index (χ4v) is 11.3. The van der Waals surface area contributed by atoms with Crippen molar-refractivity contribution in [2.45, 2.75) is 249 Å². The van der Waals surface area contributed by atoms with Crippen molar-refractivity contribution in [3.05, 3.63) is 12.2 Å². The predicted octanol–water partition coefficient (Wildman–Crippen LogP) is 3.26. The molecule has 1 aliphatic heterocycles. The maximum atomic E-state index is 15.5. The number of nitrogens with one attached hydrogen (secondary N) is 5. The first kappa shape index (κ1) is 84.3. The number of hydrogen-bond donors (Lipinski definition) is 6. The second kappa shape index (κ2) is 38.0. The Kier molecular flexibility index (Phi) is 34.5. The Morgan fingerprint density at radius 1 is 0.527 bits per heavy atom. The Labute approximate surface area is 554 Å². The fourth-order valence-electron chi connectivity index (χ4n) is 11.3. The van der Waals surface area contributed by atoms with E-state index in [1.54, 1.807) is 67.5 Å². The summed E-state index contributed by atoms with van der Waals surface area (Å²) in [5, 5.41) is 24.2. The van der Waals surface area contributed by atoms with Gasteiger partial charge in [-0.2, -0.15) is 0 Å². The topological polar surface area (TPSA) is 323 Å². The van der Waals surface area contributed by atoms with Gasteiger partial charge in [-0.15, -0.1) is 0 Å². The average molecular weight is 1320 g/mol. The second-order valence-corrected chi connectivity index (χ2v) is 28.2. The molecule has 1 heterocycles. The van der Waals surface area contributed by atoms with Crippen LogP contribution in [0.4, 0.5) is 0 Å². The molecule has 0 spiro atoms. The van der Waals surface area contributed by atoms with Crippen LogP contribution in [0, 0.1) is 41.4 Å². The highest BCUT2D eigenvalue weighted by molar-refractivity contribution is 6.00. The molecule has 0 aromatic heterocycles. The molecule has 0 saturated carbocycles. The molecule has 0 aromatic carbocycles. The van der Waals surface area contributed by atoms with E-state index in [0.717, 1.165) is 16.7 Å². The van der Waals surface area contributed by atoms with E-state index in [4.69, 9.17) is 9.47 Å². The number of likely N-dealkylation sites (N-methyl/N-ethyl adjacent to an activating group) is 6. The lowest BCUT2D eigenvalue weighted by Gasteiger charge is -2.42. The SMILES string of the molecule is C/C=C/C[C@@H](C)[C@@H](OC(C)=O)[C@H]1C(=O)N[C@@H](CC)C(=O)N(C)[C@H](C)C(=O)N[C@@H]([C@H](C)COCC(C)(C)O)C(=O)N[C@@H](C(C)C)C(=O)N(C)[C@@H](CC(C)C)C(=O)N[C@@H](C)C(=O)N[C@H](C)C(=O)N(C)[C@@H](CC(C)C)C(=O)N(C)[C@@H](CC(C)C)C(=O)N(C)[C@@H](C(C)C)C(=O)N1C. The van der Waals surface area contributed by atoms with E-state index in [1.165, 1.54) is 96.5 Å². The molecule has 532 valence electrons. The number of nitrogens with zero attached hydrogens (tertiary/aromatic N) is 6. The zero-order valence-electron chi connectivity index (χ0n) is 60.9. The first-order valence-electron chi connectivity index (χ1n) is 33.0. The molecule has 0 aromatic rings. The lowest BCUT2D eigenvalue weighted by molar-refractivity contribution is -0.164. The molecule has 93 heavy (non-hydrogen) atoms. The molecule has 0 aliphatic carbocycles. The molecule has 0 radical (unpaired) electrons. The highest BCUT2D eigenvalue weighted by atomic mass is 16.5. The Bertz CT molecular complexity index is 2590. The number of amides is 11. The van der Waals surface area contributed by atoms with Crippen molar-refractivity contribution in [1.82, 2.24) is 56.0 Å². The minimum atomic E-state index is -1.65. The first-order valence-corrected chi connectivity index (χ1v) is 33.0. The highest BCUT2D eigenvalue weighted by Crippen LogP contribution is 2.27. The summed E-state index contributed by atoms with van der Waals surface area (Å²) in [5.41, 5.74) is -1.28. The van der Waals surface area contributed by atoms with E-state index in [9.17, 15) is 43.5 Å². The van der Waals surface area contributed by atoms with Gasteiger partial charge < -0.3 is 70.6 Å². The van der Waals surface area contributed by atoms with Crippen LogP contribution in [0.25, 0.3) is 0 Å². The summed E-state index contributed by atoms with van der Waals surface area (Å²) in [5.74, 6) is -12.2. The number of esters is 1. The molecule has 0 bridgehead atoms. The van der Waals surface area contributed by atoms with Crippen LogP contribution in [-0.2, 0) is 67.0 Å². The van der Waals surface area contributed by atoms with Crippen LogP contribution in [0.3, 0.4) is 0 Å². The van der Waals surface area contributed by atoms with Gasteiger partial charge in [-0.1, -0.05) is 102 Å². The Balaban J connectivity index is 4.52. The quantitative estimate of drug-likeness (QED) is 0.0799. The van der Waals surface area contributed by atoms with E-state index in [2.05, 4.69) is 26.6 Å². The van der Waals surface area contributed by atoms with E-state index >= 15 is 19.2 Å². The summed E-state index contributed by atoms with van der Waals surface area (Å²) >= 11 is 0. The summed E-state index contributed by atoms with van der Waals surface area (Å²) in [7, 11) is 8.36. The maximum absolute atomic E-state index is 15.5. The number of aliphatic hydroxyl groups is 1. The third-order valence-electron chi connectivity index (χ3n) is 17.0. The normalized spacial score (nSPS) is 26.7. The van der Waals surface area contributed by atoms with Crippen molar-refractivity contribution < 1.29 is 72.1 Å². The van der Waals surface area contributed by atoms with E-state index < -0.39 is 173 Å². The first-order chi connectivity index (χ1) is 42.8. The average Bonchev–Trinajstić information content (AvgIpc) is 0.807. The van der Waals surface area contributed by atoms with Crippen LogP contribution in [0.1, 0.15) is 171 Å². The molecule has 1 fully saturated rings. The summed E-state index contributed by atoms with van der Waals surface area (Å²) in [6, 6.07) is -14.5. The molecular formula is C67H119N11O15. The highest BCUT2D eigenvalue weighted by Gasteiger charge is 2.47. The van der Waals surface area contributed by atoms with Crippen LogP contribution in [0.5, 0.6) is 0 Å². The molecule has 6 N–H and O–H groups in total. The number of allylic oxidation sites excluding steroid dienone is 2. The molecule has 0 unspecified atom stereocenters. The van der Waals surface area contributed by atoms with Crippen LogP contribution >= 0.6 is 0 Å². The van der Waals surface area contributed by atoms with Gasteiger partial charge in [0.1, 0.15) is 72.6 Å².